The minimum atomic E-state index is 1.36. The highest BCUT2D eigenvalue weighted by Crippen LogP contribution is 2.13. The highest BCUT2D eigenvalue weighted by Gasteiger charge is 1.94. The van der Waals surface area contributed by atoms with Crippen LogP contribution < -0.4 is 0 Å². The van der Waals surface area contributed by atoms with Crippen LogP contribution in [0, 0.1) is 0 Å². The maximum Gasteiger partial charge on any atom is -0.00597 e. The molecule has 2 heteroatoms. The lowest BCUT2D eigenvalue weighted by molar-refractivity contribution is 0.659. The highest BCUT2D eigenvalue weighted by molar-refractivity contribution is 8.00. The number of thioether (sulfide) groups is 2. The van der Waals surface area contributed by atoms with Gasteiger partial charge in [0.1, 0.15) is 0 Å². The fraction of sp³-hybridized carbons (Fsp3) is 1.00. The molecule has 19 heavy (non-hydrogen) atoms. The first-order chi connectivity index (χ1) is 9.41. The Morgan fingerprint density at radius 1 is 0.421 bits per heavy atom. The molecule has 0 atom stereocenters. The van der Waals surface area contributed by atoms with Crippen molar-refractivity contribution in [1.82, 2.24) is 0 Å². The van der Waals surface area contributed by atoms with Crippen molar-refractivity contribution < 1.29 is 0 Å². The van der Waals surface area contributed by atoms with Gasteiger partial charge in [-0.25, -0.2) is 0 Å². The normalized spacial score (nSPS) is 11.1. The van der Waals surface area contributed by atoms with Crippen LogP contribution in [0.5, 0.6) is 0 Å². The molecule has 116 valence electrons. The number of hydrogen-bond acceptors (Lipinski definition) is 2. The highest BCUT2D eigenvalue weighted by atomic mass is 32.2. The van der Waals surface area contributed by atoms with E-state index in [1.165, 1.54) is 93.6 Å². The summed E-state index contributed by atoms with van der Waals surface area (Å²) < 4.78 is 0. The molecule has 0 amide bonds. The van der Waals surface area contributed by atoms with E-state index < -0.39 is 0 Å². The maximum absolute atomic E-state index is 2.29. The number of hydrogen-bond donors (Lipinski definition) is 0. The van der Waals surface area contributed by atoms with Crippen molar-refractivity contribution in [2.75, 3.05) is 23.0 Å². The minimum Gasteiger partial charge on any atom is -0.162 e. The summed E-state index contributed by atoms with van der Waals surface area (Å²) in [6.07, 6.45) is 15.7. The summed E-state index contributed by atoms with van der Waals surface area (Å²) in [4.78, 5) is 0. The van der Waals surface area contributed by atoms with E-state index in [2.05, 4.69) is 37.4 Å². The molecule has 0 spiro atoms. The Kier molecular flexibility index (Phi) is 19.4. The Balaban J connectivity index is 2.88. The van der Waals surface area contributed by atoms with Crippen molar-refractivity contribution in [2.24, 2.45) is 0 Å². The third kappa shape index (κ3) is 18.7. The minimum absolute atomic E-state index is 1.36. The molecule has 0 bridgehead atoms. The zero-order valence-electron chi connectivity index (χ0n) is 13.4. The van der Waals surface area contributed by atoms with Gasteiger partial charge in [0.15, 0.2) is 0 Å². The number of rotatable bonds is 16. The van der Waals surface area contributed by atoms with Gasteiger partial charge in [-0.05, 0) is 42.3 Å². The lowest BCUT2D eigenvalue weighted by Gasteiger charge is -2.03. The monoisotopic (exact) mass is 304 g/mol. The van der Waals surface area contributed by atoms with Gasteiger partial charge in [-0.1, -0.05) is 65.2 Å². The predicted molar refractivity (Wildman–Crippen MR) is 96.8 cm³/mol. The molecular weight excluding hydrogens is 268 g/mol. The van der Waals surface area contributed by atoms with Crippen LogP contribution in [-0.2, 0) is 0 Å². The van der Waals surface area contributed by atoms with Crippen LogP contribution in [0.15, 0.2) is 0 Å². The summed E-state index contributed by atoms with van der Waals surface area (Å²) in [5.41, 5.74) is 0. The van der Waals surface area contributed by atoms with Crippen LogP contribution in [-0.4, -0.2) is 23.0 Å². The topological polar surface area (TPSA) is 0 Å². The van der Waals surface area contributed by atoms with Gasteiger partial charge in [0, 0.05) is 0 Å². The van der Waals surface area contributed by atoms with Crippen molar-refractivity contribution in [1.29, 1.82) is 0 Å². The van der Waals surface area contributed by atoms with E-state index >= 15 is 0 Å². The Hall–Kier alpha value is 0.700. The molecule has 0 aromatic rings. The molecule has 0 saturated heterocycles. The van der Waals surface area contributed by atoms with Gasteiger partial charge >= 0.3 is 0 Å². The van der Waals surface area contributed by atoms with Crippen LogP contribution in [0.1, 0.15) is 84.5 Å². The van der Waals surface area contributed by atoms with Crippen LogP contribution in [0.2, 0.25) is 0 Å². The Morgan fingerprint density at radius 3 is 1.21 bits per heavy atom. The molecule has 0 heterocycles. The van der Waals surface area contributed by atoms with Gasteiger partial charge in [-0.15, -0.1) is 0 Å². The predicted octanol–water partition coefficient (Wildman–Crippen LogP) is 6.78. The molecule has 0 fully saturated rings. The van der Waals surface area contributed by atoms with Crippen molar-refractivity contribution in [2.45, 2.75) is 84.5 Å². The molecule has 0 unspecified atom stereocenters. The molecule has 0 aliphatic heterocycles. The average molecular weight is 305 g/mol. The summed E-state index contributed by atoms with van der Waals surface area (Å²) >= 11 is 4.35. The maximum atomic E-state index is 2.29. The Bertz CT molecular complexity index is 132. The first-order valence-corrected chi connectivity index (χ1v) is 10.9. The number of unbranched alkanes of at least 4 members (excludes halogenated alkanes) is 8. The van der Waals surface area contributed by atoms with E-state index in [4.69, 9.17) is 0 Å². The summed E-state index contributed by atoms with van der Waals surface area (Å²) in [7, 11) is 0. The van der Waals surface area contributed by atoms with Gasteiger partial charge in [0.2, 0.25) is 0 Å². The quantitative estimate of drug-likeness (QED) is 0.288. The first kappa shape index (κ1) is 19.7. The lowest BCUT2D eigenvalue weighted by Crippen LogP contribution is -1.89. The van der Waals surface area contributed by atoms with E-state index in [1.807, 2.05) is 0 Å². The summed E-state index contributed by atoms with van der Waals surface area (Å²) in [5, 5.41) is 0. The third-order valence-electron chi connectivity index (χ3n) is 3.36. The smallest absolute Gasteiger partial charge is 0.00597 e. The molecular formula is C17H36S2. The fourth-order valence-corrected chi connectivity index (χ4v) is 4.19. The molecule has 0 rings (SSSR count). The SMILES string of the molecule is CCCCCCCSCCCSCCCCCCC. The third-order valence-corrected chi connectivity index (χ3v) is 5.67. The molecule has 0 N–H and O–H groups in total. The van der Waals surface area contributed by atoms with Crippen molar-refractivity contribution in [3.05, 3.63) is 0 Å². The average Bonchev–Trinajstić information content (AvgIpc) is 2.43. The molecule has 0 radical (unpaired) electrons. The molecule has 0 aliphatic rings. The molecule has 0 aromatic carbocycles. The standard InChI is InChI=1S/C17H36S2/c1-3-5-7-9-11-14-18-16-13-17-19-15-12-10-8-6-4-2/h3-17H2,1-2H3. The van der Waals surface area contributed by atoms with Gasteiger partial charge in [0.05, 0.1) is 0 Å². The zero-order chi connectivity index (χ0) is 14.0. The summed E-state index contributed by atoms with van der Waals surface area (Å²) in [6, 6.07) is 0. The summed E-state index contributed by atoms with van der Waals surface area (Å²) in [5.74, 6) is 5.56. The van der Waals surface area contributed by atoms with E-state index in [0.717, 1.165) is 0 Å². The van der Waals surface area contributed by atoms with Crippen LogP contribution >= 0.6 is 23.5 Å². The molecule has 0 saturated carbocycles. The van der Waals surface area contributed by atoms with Crippen molar-refractivity contribution in [3.63, 3.8) is 0 Å². The van der Waals surface area contributed by atoms with Gasteiger partial charge in [-0.2, -0.15) is 23.5 Å². The Morgan fingerprint density at radius 2 is 0.789 bits per heavy atom. The second-order valence-electron chi connectivity index (χ2n) is 5.41. The van der Waals surface area contributed by atoms with Gasteiger partial charge in [0.25, 0.3) is 0 Å². The summed E-state index contributed by atoms with van der Waals surface area (Å²) in [6.45, 7) is 4.58. The van der Waals surface area contributed by atoms with E-state index in [1.54, 1.807) is 0 Å². The zero-order valence-corrected chi connectivity index (χ0v) is 15.1. The van der Waals surface area contributed by atoms with Crippen molar-refractivity contribution in [3.8, 4) is 0 Å². The first-order valence-electron chi connectivity index (χ1n) is 8.57. The van der Waals surface area contributed by atoms with E-state index in [-0.39, 0.29) is 0 Å². The van der Waals surface area contributed by atoms with Crippen LogP contribution in [0.25, 0.3) is 0 Å². The fourth-order valence-electron chi connectivity index (χ4n) is 2.08. The van der Waals surface area contributed by atoms with Gasteiger partial charge in [-0.3, -0.25) is 0 Å². The second-order valence-corrected chi connectivity index (χ2v) is 7.86. The largest absolute Gasteiger partial charge is 0.162 e. The lowest BCUT2D eigenvalue weighted by atomic mass is 10.2. The molecule has 0 aromatic heterocycles. The molecule has 0 aliphatic carbocycles. The van der Waals surface area contributed by atoms with E-state index in [0.29, 0.717) is 0 Å². The van der Waals surface area contributed by atoms with Gasteiger partial charge < -0.3 is 0 Å². The van der Waals surface area contributed by atoms with Crippen LogP contribution in [0.3, 0.4) is 0 Å². The van der Waals surface area contributed by atoms with Crippen molar-refractivity contribution >= 4 is 23.5 Å². The Labute approximate surface area is 131 Å². The molecule has 0 nitrogen and oxygen atoms in total. The second kappa shape index (κ2) is 18.7. The van der Waals surface area contributed by atoms with Crippen LogP contribution in [0.4, 0.5) is 0 Å². The van der Waals surface area contributed by atoms with E-state index in [9.17, 15) is 0 Å².